The average molecular weight is 331 g/mol. The van der Waals surface area contributed by atoms with Gasteiger partial charge in [0.15, 0.2) is 16.8 Å². The van der Waals surface area contributed by atoms with Crippen LogP contribution >= 0.6 is 11.8 Å². The molecular weight excluding hydrogens is 314 g/mol. The van der Waals surface area contributed by atoms with Crippen LogP contribution in [0.2, 0.25) is 0 Å². The molecule has 0 N–H and O–H groups in total. The van der Waals surface area contributed by atoms with E-state index in [4.69, 9.17) is 9.26 Å². The molecule has 0 radical (unpaired) electrons. The fraction of sp³-hybridized carbons (Fsp3) is 0.333. The summed E-state index contributed by atoms with van der Waals surface area (Å²) in [5.41, 5.74) is 0.985. The summed E-state index contributed by atoms with van der Waals surface area (Å²) in [6.07, 6.45) is 0.764. The average Bonchev–Trinajstić information content (AvgIpc) is 3.19. The van der Waals surface area contributed by atoms with Crippen LogP contribution in [0.25, 0.3) is 11.4 Å². The molecular formula is C15H17N5O2S. The Kier molecular flexibility index (Phi) is 4.61. The number of benzene rings is 1. The molecule has 0 spiro atoms. The Balaban J connectivity index is 1.73. The summed E-state index contributed by atoms with van der Waals surface area (Å²) in [5.74, 6) is 3.50. The molecule has 0 aliphatic rings. The number of ether oxygens (including phenoxy) is 1. The van der Waals surface area contributed by atoms with E-state index < -0.39 is 0 Å². The molecule has 2 heterocycles. The van der Waals surface area contributed by atoms with Crippen LogP contribution in [0.1, 0.15) is 18.6 Å². The number of methoxy groups -OCH3 is 1. The first kappa shape index (κ1) is 15.5. The normalized spacial score (nSPS) is 10.9. The third-order valence-electron chi connectivity index (χ3n) is 3.33. The van der Waals surface area contributed by atoms with Crippen LogP contribution in [-0.2, 0) is 19.2 Å². The highest BCUT2D eigenvalue weighted by atomic mass is 32.2. The molecule has 0 saturated heterocycles. The van der Waals surface area contributed by atoms with Gasteiger partial charge in [0.05, 0.1) is 12.9 Å². The van der Waals surface area contributed by atoms with E-state index in [2.05, 4.69) is 20.3 Å². The fourth-order valence-electron chi connectivity index (χ4n) is 2.05. The summed E-state index contributed by atoms with van der Waals surface area (Å²) < 4.78 is 12.3. The summed E-state index contributed by atoms with van der Waals surface area (Å²) in [6.45, 7) is 1.99. The Labute approximate surface area is 138 Å². The highest BCUT2D eigenvalue weighted by molar-refractivity contribution is 7.98. The molecule has 0 amide bonds. The number of aromatic nitrogens is 5. The molecule has 8 heteroatoms. The minimum atomic E-state index is 0.571. The topological polar surface area (TPSA) is 78.9 Å². The number of aryl methyl sites for hydroxylation is 1. The maximum Gasteiger partial charge on any atom is 0.237 e. The van der Waals surface area contributed by atoms with Crippen LogP contribution in [0, 0.1) is 0 Å². The van der Waals surface area contributed by atoms with E-state index in [1.807, 2.05) is 42.8 Å². The third kappa shape index (κ3) is 3.37. The molecule has 0 atom stereocenters. The van der Waals surface area contributed by atoms with Crippen LogP contribution in [-0.4, -0.2) is 32.0 Å². The number of nitrogens with zero attached hydrogens (tertiary/aromatic N) is 5. The van der Waals surface area contributed by atoms with Crippen LogP contribution < -0.4 is 4.74 Å². The van der Waals surface area contributed by atoms with Gasteiger partial charge in [-0.3, -0.25) is 0 Å². The SMILES string of the molecule is CCc1noc(CSc2nnc(-c3ccc(OC)cc3)n2C)n1. The van der Waals surface area contributed by atoms with E-state index in [0.717, 1.165) is 34.5 Å². The van der Waals surface area contributed by atoms with Gasteiger partial charge < -0.3 is 13.8 Å². The van der Waals surface area contributed by atoms with Crippen molar-refractivity contribution in [3.05, 3.63) is 36.0 Å². The summed E-state index contributed by atoms with van der Waals surface area (Å²) >= 11 is 1.52. The van der Waals surface area contributed by atoms with Crippen LogP contribution in [0.3, 0.4) is 0 Å². The standard InChI is InChI=1S/C15H17N5O2S/c1-4-12-16-13(22-19-12)9-23-15-18-17-14(20(15)2)10-5-7-11(21-3)8-6-10/h5-8H,4,9H2,1-3H3. The maximum atomic E-state index is 5.18. The van der Waals surface area contributed by atoms with Crippen molar-refractivity contribution in [2.24, 2.45) is 7.05 Å². The monoisotopic (exact) mass is 331 g/mol. The molecule has 0 fully saturated rings. The zero-order chi connectivity index (χ0) is 16.2. The van der Waals surface area contributed by atoms with E-state index in [1.54, 1.807) is 7.11 Å². The van der Waals surface area contributed by atoms with Gasteiger partial charge in [0, 0.05) is 19.0 Å². The molecule has 0 bridgehead atoms. The lowest BCUT2D eigenvalue weighted by Gasteiger charge is -2.04. The Bertz CT molecular complexity index is 782. The third-order valence-corrected chi connectivity index (χ3v) is 4.34. The Morgan fingerprint density at radius 3 is 2.65 bits per heavy atom. The van der Waals surface area contributed by atoms with Gasteiger partial charge in [-0.2, -0.15) is 4.98 Å². The molecule has 2 aromatic heterocycles. The lowest BCUT2D eigenvalue weighted by molar-refractivity contribution is 0.385. The molecule has 3 rings (SSSR count). The second-order valence-electron chi connectivity index (χ2n) is 4.84. The van der Waals surface area contributed by atoms with Crippen molar-refractivity contribution in [1.29, 1.82) is 0 Å². The van der Waals surface area contributed by atoms with Gasteiger partial charge >= 0.3 is 0 Å². The molecule has 3 aromatic rings. The van der Waals surface area contributed by atoms with Gasteiger partial charge in [0.1, 0.15) is 5.75 Å². The van der Waals surface area contributed by atoms with Gasteiger partial charge in [-0.1, -0.05) is 23.8 Å². The van der Waals surface area contributed by atoms with E-state index >= 15 is 0 Å². The van der Waals surface area contributed by atoms with Gasteiger partial charge in [-0.15, -0.1) is 10.2 Å². The minimum absolute atomic E-state index is 0.571. The van der Waals surface area contributed by atoms with E-state index in [1.165, 1.54) is 11.8 Å². The number of rotatable bonds is 6. The zero-order valence-corrected chi connectivity index (χ0v) is 14.0. The van der Waals surface area contributed by atoms with Crippen LogP contribution in [0.5, 0.6) is 5.75 Å². The van der Waals surface area contributed by atoms with Gasteiger partial charge in [0.25, 0.3) is 0 Å². The van der Waals surface area contributed by atoms with Gasteiger partial charge in [-0.05, 0) is 24.3 Å². The van der Waals surface area contributed by atoms with Crippen molar-refractivity contribution < 1.29 is 9.26 Å². The Morgan fingerprint density at radius 1 is 1.22 bits per heavy atom. The molecule has 23 heavy (non-hydrogen) atoms. The van der Waals surface area contributed by atoms with Gasteiger partial charge in [-0.25, -0.2) is 0 Å². The Hall–Kier alpha value is -2.35. The lowest BCUT2D eigenvalue weighted by Crippen LogP contribution is -1.95. The summed E-state index contributed by atoms with van der Waals surface area (Å²) in [7, 11) is 3.58. The predicted octanol–water partition coefficient (Wildman–Crippen LogP) is 2.73. The largest absolute Gasteiger partial charge is 0.497 e. The summed E-state index contributed by atoms with van der Waals surface area (Å²) in [6, 6.07) is 7.73. The lowest BCUT2D eigenvalue weighted by atomic mass is 10.2. The zero-order valence-electron chi connectivity index (χ0n) is 13.2. The molecule has 0 saturated carbocycles. The molecule has 7 nitrogen and oxygen atoms in total. The van der Waals surface area contributed by atoms with Crippen molar-refractivity contribution in [2.45, 2.75) is 24.3 Å². The van der Waals surface area contributed by atoms with Crippen LogP contribution in [0.4, 0.5) is 0 Å². The Morgan fingerprint density at radius 2 is 2.00 bits per heavy atom. The van der Waals surface area contributed by atoms with E-state index in [9.17, 15) is 0 Å². The molecule has 0 aliphatic carbocycles. The van der Waals surface area contributed by atoms with Crippen molar-refractivity contribution in [3.63, 3.8) is 0 Å². The quantitative estimate of drug-likeness (QED) is 0.643. The summed E-state index contributed by atoms with van der Waals surface area (Å²) in [5, 5.41) is 13.2. The molecule has 0 unspecified atom stereocenters. The van der Waals surface area contributed by atoms with Crippen LogP contribution in [0.15, 0.2) is 33.9 Å². The smallest absolute Gasteiger partial charge is 0.237 e. The second kappa shape index (κ2) is 6.82. The number of thioether (sulfide) groups is 1. The minimum Gasteiger partial charge on any atom is -0.497 e. The molecule has 120 valence electrons. The number of hydrogen-bond acceptors (Lipinski definition) is 7. The first-order valence-electron chi connectivity index (χ1n) is 7.19. The molecule has 0 aliphatic heterocycles. The van der Waals surface area contributed by atoms with E-state index in [-0.39, 0.29) is 0 Å². The first-order valence-corrected chi connectivity index (χ1v) is 8.18. The van der Waals surface area contributed by atoms with Crippen molar-refractivity contribution in [3.8, 4) is 17.1 Å². The fourth-order valence-corrected chi connectivity index (χ4v) is 2.80. The first-order chi connectivity index (χ1) is 11.2. The van der Waals surface area contributed by atoms with E-state index in [0.29, 0.717) is 11.6 Å². The number of hydrogen-bond donors (Lipinski definition) is 0. The maximum absolute atomic E-state index is 5.18. The second-order valence-corrected chi connectivity index (χ2v) is 5.78. The molecule has 1 aromatic carbocycles. The van der Waals surface area contributed by atoms with Crippen molar-refractivity contribution >= 4 is 11.8 Å². The predicted molar refractivity (Wildman–Crippen MR) is 86.2 cm³/mol. The summed E-state index contributed by atoms with van der Waals surface area (Å²) in [4.78, 5) is 4.29. The highest BCUT2D eigenvalue weighted by Crippen LogP contribution is 2.26. The van der Waals surface area contributed by atoms with Crippen molar-refractivity contribution in [2.75, 3.05) is 7.11 Å². The van der Waals surface area contributed by atoms with Gasteiger partial charge in [0.2, 0.25) is 5.89 Å². The van der Waals surface area contributed by atoms with Crippen molar-refractivity contribution in [1.82, 2.24) is 24.9 Å². The highest BCUT2D eigenvalue weighted by Gasteiger charge is 2.13.